The number of benzene rings is 2. The number of hydrazone groups is 1. The van der Waals surface area contributed by atoms with Crippen LogP contribution in [0.1, 0.15) is 47.9 Å². The minimum atomic E-state index is 0.0446. The van der Waals surface area contributed by atoms with Crippen LogP contribution in [-0.4, -0.2) is 24.9 Å². The van der Waals surface area contributed by atoms with Crippen molar-refractivity contribution in [3.63, 3.8) is 0 Å². The topological polar surface area (TPSA) is 91.3 Å². The van der Waals surface area contributed by atoms with Crippen molar-refractivity contribution in [3.8, 4) is 0 Å². The fourth-order valence-electron chi connectivity index (χ4n) is 3.32. The zero-order valence-corrected chi connectivity index (χ0v) is 16.6. The molecule has 5 nitrogen and oxygen atoms in total. The van der Waals surface area contributed by atoms with Crippen molar-refractivity contribution in [2.24, 2.45) is 10.8 Å². The SMILES string of the molecule is CNN=Cc1ccc(/C=C2/CCCC/C(=C/c3ccc(C(=N)N)cc3)C2=O)cc1. The highest BCUT2D eigenvalue weighted by Gasteiger charge is 2.18. The molecule has 148 valence electrons. The molecule has 2 aromatic carbocycles. The third kappa shape index (κ3) is 5.51. The average molecular weight is 386 g/mol. The van der Waals surface area contributed by atoms with Crippen LogP contribution in [0.2, 0.25) is 0 Å². The van der Waals surface area contributed by atoms with E-state index in [1.807, 2.05) is 60.7 Å². The molecule has 0 bridgehead atoms. The van der Waals surface area contributed by atoms with Gasteiger partial charge in [-0.05, 0) is 54.5 Å². The Kier molecular flexibility index (Phi) is 6.74. The predicted octanol–water partition coefficient (Wildman–Crippen LogP) is 4.13. The molecule has 4 N–H and O–H groups in total. The smallest absolute Gasteiger partial charge is 0.185 e. The van der Waals surface area contributed by atoms with E-state index in [1.54, 1.807) is 13.3 Å². The van der Waals surface area contributed by atoms with E-state index in [-0.39, 0.29) is 11.6 Å². The minimum absolute atomic E-state index is 0.0446. The Labute approximate surface area is 171 Å². The number of amidine groups is 1. The Balaban J connectivity index is 1.83. The number of nitrogen functional groups attached to an aromatic ring is 1. The second-order valence-electron chi connectivity index (χ2n) is 7.06. The molecule has 1 saturated carbocycles. The molecule has 5 heteroatoms. The van der Waals surface area contributed by atoms with E-state index < -0.39 is 0 Å². The quantitative estimate of drug-likeness (QED) is 0.237. The van der Waals surface area contributed by atoms with Crippen LogP contribution in [0.3, 0.4) is 0 Å². The first-order valence-electron chi connectivity index (χ1n) is 9.77. The Morgan fingerprint density at radius 3 is 1.90 bits per heavy atom. The van der Waals surface area contributed by atoms with Crippen LogP contribution < -0.4 is 11.2 Å². The summed E-state index contributed by atoms with van der Waals surface area (Å²) in [7, 11) is 1.76. The molecule has 1 aliphatic carbocycles. The van der Waals surface area contributed by atoms with E-state index in [4.69, 9.17) is 11.1 Å². The number of nitrogens with one attached hydrogen (secondary N) is 2. The van der Waals surface area contributed by atoms with Gasteiger partial charge in [0.05, 0.1) is 6.21 Å². The number of Topliss-reactive ketones (excluding diaryl/α,β-unsaturated/α-hetero) is 1. The standard InChI is InChI=1S/C24H26N4O/c1-27-28-16-19-8-6-17(7-9-19)14-21-4-2-3-5-22(23(21)29)15-18-10-12-20(13-11-18)24(25)26/h6-16,27H,2-5H2,1H3,(H3,25,26)/b21-14-,22-15-,28-16?. The number of carbonyl (C=O) groups is 1. The van der Waals surface area contributed by atoms with Gasteiger partial charge in [-0.2, -0.15) is 5.10 Å². The van der Waals surface area contributed by atoms with Crippen molar-refractivity contribution in [2.45, 2.75) is 25.7 Å². The molecule has 0 saturated heterocycles. The summed E-state index contributed by atoms with van der Waals surface area (Å²) in [4.78, 5) is 13.1. The first-order chi connectivity index (χ1) is 14.1. The summed E-state index contributed by atoms with van der Waals surface area (Å²) >= 11 is 0. The Morgan fingerprint density at radius 2 is 1.41 bits per heavy atom. The molecule has 2 aromatic rings. The second-order valence-corrected chi connectivity index (χ2v) is 7.06. The molecule has 3 rings (SSSR count). The highest BCUT2D eigenvalue weighted by Crippen LogP contribution is 2.27. The number of allylic oxidation sites excluding steroid dienone is 2. The fraction of sp³-hybridized carbons (Fsp3) is 0.208. The molecule has 0 atom stereocenters. The lowest BCUT2D eigenvalue weighted by Crippen LogP contribution is -2.10. The third-order valence-electron chi connectivity index (χ3n) is 4.91. The van der Waals surface area contributed by atoms with E-state index in [0.717, 1.165) is 53.5 Å². The highest BCUT2D eigenvalue weighted by atomic mass is 16.1. The van der Waals surface area contributed by atoms with Gasteiger partial charge in [-0.3, -0.25) is 10.2 Å². The predicted molar refractivity (Wildman–Crippen MR) is 120 cm³/mol. The Hall–Kier alpha value is -3.47. The Bertz CT molecular complexity index is 967. The van der Waals surface area contributed by atoms with E-state index >= 15 is 0 Å². The summed E-state index contributed by atoms with van der Waals surface area (Å²) < 4.78 is 0. The van der Waals surface area contributed by atoms with E-state index in [2.05, 4.69) is 10.5 Å². The lowest BCUT2D eigenvalue weighted by atomic mass is 9.97. The molecule has 0 radical (unpaired) electrons. The fourth-order valence-corrected chi connectivity index (χ4v) is 3.32. The molecule has 0 aromatic heterocycles. The van der Waals surface area contributed by atoms with Crippen LogP contribution in [0.15, 0.2) is 64.8 Å². The van der Waals surface area contributed by atoms with Gasteiger partial charge in [0.2, 0.25) is 0 Å². The molecular weight excluding hydrogens is 360 g/mol. The van der Waals surface area contributed by atoms with Crippen LogP contribution in [0.4, 0.5) is 0 Å². The van der Waals surface area contributed by atoms with Crippen LogP contribution in [0.25, 0.3) is 12.2 Å². The molecule has 1 aliphatic rings. The summed E-state index contributed by atoms with van der Waals surface area (Å²) in [6.07, 6.45) is 9.30. The van der Waals surface area contributed by atoms with Crippen LogP contribution in [0.5, 0.6) is 0 Å². The van der Waals surface area contributed by atoms with E-state index in [0.29, 0.717) is 5.56 Å². The minimum Gasteiger partial charge on any atom is -0.384 e. The summed E-state index contributed by atoms with van der Waals surface area (Å²) in [5, 5.41) is 11.5. The van der Waals surface area contributed by atoms with Crippen LogP contribution in [0, 0.1) is 5.41 Å². The zero-order valence-electron chi connectivity index (χ0n) is 16.6. The van der Waals surface area contributed by atoms with E-state index in [1.165, 1.54) is 0 Å². The van der Waals surface area contributed by atoms with Crippen molar-refractivity contribution in [1.82, 2.24) is 5.43 Å². The number of ketones is 1. The molecule has 0 heterocycles. The van der Waals surface area contributed by atoms with Crippen LogP contribution in [-0.2, 0) is 4.79 Å². The molecule has 0 aliphatic heterocycles. The average Bonchev–Trinajstić information content (AvgIpc) is 2.90. The zero-order chi connectivity index (χ0) is 20.6. The maximum atomic E-state index is 13.1. The van der Waals surface area contributed by atoms with E-state index in [9.17, 15) is 4.79 Å². The normalized spacial score (nSPS) is 17.6. The second kappa shape index (κ2) is 9.64. The number of nitrogens with two attached hydrogens (primary N) is 1. The van der Waals surface area contributed by atoms with Crippen molar-refractivity contribution in [3.05, 3.63) is 81.9 Å². The lowest BCUT2D eigenvalue weighted by Gasteiger charge is -2.06. The molecule has 0 unspecified atom stereocenters. The highest BCUT2D eigenvalue weighted by molar-refractivity contribution is 6.13. The summed E-state index contributed by atoms with van der Waals surface area (Å²) in [6, 6.07) is 15.4. The van der Waals surface area contributed by atoms with Gasteiger partial charge in [-0.1, -0.05) is 48.5 Å². The monoisotopic (exact) mass is 386 g/mol. The maximum Gasteiger partial charge on any atom is 0.185 e. The summed E-state index contributed by atoms with van der Waals surface area (Å²) in [5.74, 6) is 0.169. The molecule has 0 amide bonds. The Morgan fingerprint density at radius 1 is 0.931 bits per heavy atom. The number of nitrogens with zero attached hydrogens (tertiary/aromatic N) is 1. The number of rotatable bonds is 5. The first kappa shape index (κ1) is 20.3. The number of hydrogen-bond acceptors (Lipinski definition) is 4. The van der Waals surface area contributed by atoms with Gasteiger partial charge in [0, 0.05) is 23.8 Å². The van der Waals surface area contributed by atoms with Crippen molar-refractivity contribution in [1.29, 1.82) is 5.41 Å². The van der Waals surface area contributed by atoms with Gasteiger partial charge >= 0.3 is 0 Å². The maximum absolute atomic E-state index is 13.1. The number of carbonyl (C=O) groups excluding carboxylic acids is 1. The molecule has 0 spiro atoms. The van der Waals surface area contributed by atoms with Crippen molar-refractivity contribution < 1.29 is 4.79 Å². The summed E-state index contributed by atoms with van der Waals surface area (Å²) in [6.45, 7) is 0. The van der Waals surface area contributed by atoms with Gasteiger partial charge in [-0.15, -0.1) is 0 Å². The molecular formula is C24H26N4O. The van der Waals surface area contributed by atoms with Crippen molar-refractivity contribution >= 4 is 30.0 Å². The lowest BCUT2D eigenvalue weighted by molar-refractivity contribution is -0.112. The van der Waals surface area contributed by atoms with Gasteiger partial charge in [0.25, 0.3) is 0 Å². The first-order valence-corrected chi connectivity index (χ1v) is 9.77. The molecule has 1 fully saturated rings. The van der Waals surface area contributed by atoms with Gasteiger partial charge in [-0.25, -0.2) is 0 Å². The third-order valence-corrected chi connectivity index (χ3v) is 4.91. The van der Waals surface area contributed by atoms with Gasteiger partial charge < -0.3 is 11.2 Å². The van der Waals surface area contributed by atoms with Crippen LogP contribution >= 0.6 is 0 Å². The molecule has 29 heavy (non-hydrogen) atoms. The number of hydrogen-bond donors (Lipinski definition) is 3. The van der Waals surface area contributed by atoms with Gasteiger partial charge in [0.1, 0.15) is 5.84 Å². The van der Waals surface area contributed by atoms with Gasteiger partial charge in [0.15, 0.2) is 5.78 Å². The van der Waals surface area contributed by atoms with Crippen molar-refractivity contribution in [2.75, 3.05) is 7.05 Å². The summed E-state index contributed by atoms with van der Waals surface area (Å²) in [5.41, 5.74) is 13.6. The largest absolute Gasteiger partial charge is 0.384 e.